The first-order valence-electron chi connectivity index (χ1n) is 17.3. The fourth-order valence-corrected chi connectivity index (χ4v) is 9.26. The lowest BCUT2D eigenvalue weighted by Gasteiger charge is -2.32. The largest absolute Gasteiger partial charge is 0.492 e. The average molecular weight is 683 g/mol. The van der Waals surface area contributed by atoms with Crippen molar-refractivity contribution in [1.29, 1.82) is 0 Å². The Bertz CT molecular complexity index is 1360. The van der Waals surface area contributed by atoms with Gasteiger partial charge in [0.25, 0.3) is 0 Å². The van der Waals surface area contributed by atoms with Crippen LogP contribution in [0.5, 0.6) is 11.5 Å². The molecule has 0 amide bonds. The number of carbonyl (C=O) groups is 2. The van der Waals surface area contributed by atoms with Crippen molar-refractivity contribution in [3.8, 4) is 22.6 Å². The maximum atomic E-state index is 12.9. The lowest BCUT2D eigenvalue weighted by molar-refractivity contribution is -0.154. The van der Waals surface area contributed by atoms with Gasteiger partial charge in [0.05, 0.1) is 6.61 Å². The van der Waals surface area contributed by atoms with Gasteiger partial charge in [0.15, 0.2) is 5.60 Å². The zero-order valence-corrected chi connectivity index (χ0v) is 30.9. The Labute approximate surface area is 290 Å². The van der Waals surface area contributed by atoms with E-state index in [1.54, 1.807) is 0 Å². The van der Waals surface area contributed by atoms with E-state index in [-0.39, 0.29) is 12.2 Å². The highest BCUT2D eigenvalue weighted by atomic mass is 32.2. The maximum absolute atomic E-state index is 12.9. The molecule has 2 saturated carbocycles. The summed E-state index contributed by atoms with van der Waals surface area (Å²) < 4.78 is 18.7. The number of aryl methyl sites for hydroxylation is 4. The average Bonchev–Trinajstić information content (AvgIpc) is 3.03. The molecule has 2 aromatic rings. The lowest BCUT2D eigenvalue weighted by Crippen LogP contribution is -2.41. The molecule has 2 aliphatic carbocycles. The van der Waals surface area contributed by atoms with Crippen LogP contribution >= 0.6 is 23.5 Å². The van der Waals surface area contributed by atoms with E-state index in [9.17, 15) is 9.59 Å². The second-order valence-electron chi connectivity index (χ2n) is 13.7. The van der Waals surface area contributed by atoms with E-state index in [1.807, 2.05) is 32.5 Å². The highest BCUT2D eigenvalue weighted by Crippen LogP contribution is 2.36. The molecule has 258 valence electrons. The van der Waals surface area contributed by atoms with Crippen LogP contribution in [0.1, 0.15) is 100 Å². The molecule has 1 N–H and O–H groups in total. The van der Waals surface area contributed by atoms with Crippen molar-refractivity contribution >= 4 is 35.5 Å². The Morgan fingerprint density at radius 2 is 1.26 bits per heavy atom. The van der Waals surface area contributed by atoms with Gasteiger partial charge in [0, 0.05) is 33.7 Å². The quantitative estimate of drug-likeness (QED) is 0.113. The highest BCUT2D eigenvalue weighted by Gasteiger charge is 2.33. The summed E-state index contributed by atoms with van der Waals surface area (Å²) in [4.78, 5) is 24.0. The fourth-order valence-electron chi connectivity index (χ4n) is 6.68. The minimum absolute atomic E-state index is 0.0587. The molecule has 2 fully saturated rings. The SMILES string of the molecule is C/C(=C\C(=O)O)C(=O)OC(C)(COc1c(C)cc(-c2cc(C)c(OCCSC3CCCCC3)c(C)c2)cc1C)CSC1CCCCC1. The number of rotatable bonds is 15. The van der Waals surface area contributed by atoms with Crippen LogP contribution in [0.2, 0.25) is 0 Å². The molecule has 0 aliphatic heterocycles. The molecule has 2 aliphatic rings. The third-order valence-corrected chi connectivity index (χ3v) is 12.3. The van der Waals surface area contributed by atoms with Gasteiger partial charge >= 0.3 is 11.9 Å². The molecule has 0 bridgehead atoms. The van der Waals surface area contributed by atoms with Gasteiger partial charge in [0.1, 0.15) is 18.1 Å². The Hall–Kier alpha value is -2.58. The maximum Gasteiger partial charge on any atom is 0.334 e. The Morgan fingerprint density at radius 1 is 0.787 bits per heavy atom. The topological polar surface area (TPSA) is 82.1 Å². The van der Waals surface area contributed by atoms with Crippen LogP contribution in [0, 0.1) is 27.7 Å². The van der Waals surface area contributed by atoms with Gasteiger partial charge in [-0.25, -0.2) is 9.59 Å². The summed E-state index contributed by atoms with van der Waals surface area (Å²) in [6.45, 7) is 12.6. The van der Waals surface area contributed by atoms with Crippen molar-refractivity contribution in [3.05, 3.63) is 58.2 Å². The predicted octanol–water partition coefficient (Wildman–Crippen LogP) is 9.81. The molecule has 4 rings (SSSR count). The predicted molar refractivity (Wildman–Crippen MR) is 196 cm³/mol. The van der Waals surface area contributed by atoms with Gasteiger partial charge in [-0.15, -0.1) is 0 Å². The molecule has 0 aromatic heterocycles. The van der Waals surface area contributed by atoms with E-state index >= 15 is 0 Å². The number of carbonyl (C=O) groups excluding carboxylic acids is 1. The van der Waals surface area contributed by atoms with Crippen LogP contribution in [-0.4, -0.2) is 57.9 Å². The minimum atomic E-state index is -1.17. The second-order valence-corrected chi connectivity index (χ2v) is 16.4. The number of thioether (sulfide) groups is 2. The number of ether oxygens (including phenoxy) is 3. The van der Waals surface area contributed by atoms with Gasteiger partial charge in [-0.3, -0.25) is 0 Å². The smallest absolute Gasteiger partial charge is 0.334 e. The molecule has 0 saturated heterocycles. The Morgan fingerprint density at radius 3 is 1.74 bits per heavy atom. The van der Waals surface area contributed by atoms with Crippen molar-refractivity contribution in [1.82, 2.24) is 0 Å². The van der Waals surface area contributed by atoms with Crippen LogP contribution in [0.25, 0.3) is 11.1 Å². The summed E-state index contributed by atoms with van der Waals surface area (Å²) in [5.74, 6) is 1.57. The standard InChI is InChI=1S/C39H54O6S2/c1-26-19-31(20-27(2)36(26)43-17-18-46-33-13-9-7-10-14-33)32-21-28(3)37(29(4)22-32)44-24-39(6,25-47-34-15-11-8-12-16-34)45-38(42)30(5)23-35(40)41/h19-23,33-34H,7-18,24-25H2,1-6H3,(H,40,41)/b30-23+. The van der Waals surface area contributed by atoms with E-state index < -0.39 is 17.5 Å². The monoisotopic (exact) mass is 682 g/mol. The molecule has 0 radical (unpaired) electrons. The zero-order chi connectivity index (χ0) is 34.0. The van der Waals surface area contributed by atoms with Crippen LogP contribution in [-0.2, 0) is 14.3 Å². The molecule has 1 atom stereocenters. The first-order valence-corrected chi connectivity index (χ1v) is 19.4. The van der Waals surface area contributed by atoms with E-state index in [0.717, 1.165) is 68.6 Å². The molecule has 1 unspecified atom stereocenters. The lowest BCUT2D eigenvalue weighted by atomic mass is 9.96. The zero-order valence-electron chi connectivity index (χ0n) is 29.2. The summed E-state index contributed by atoms with van der Waals surface area (Å²) in [5.41, 5.74) is 5.68. The highest BCUT2D eigenvalue weighted by molar-refractivity contribution is 8.00. The van der Waals surface area contributed by atoms with Gasteiger partial charge < -0.3 is 19.3 Å². The third kappa shape index (κ3) is 11.2. The van der Waals surface area contributed by atoms with Gasteiger partial charge in [-0.1, -0.05) is 38.5 Å². The number of hydrogen-bond acceptors (Lipinski definition) is 7. The summed E-state index contributed by atoms with van der Waals surface area (Å²) in [6.07, 6.45) is 13.8. The molecule has 47 heavy (non-hydrogen) atoms. The van der Waals surface area contributed by atoms with Crippen LogP contribution in [0.4, 0.5) is 0 Å². The molecule has 6 nitrogen and oxygen atoms in total. The van der Waals surface area contributed by atoms with Crippen molar-refractivity contribution in [2.75, 3.05) is 24.7 Å². The molecule has 0 heterocycles. The van der Waals surface area contributed by atoms with E-state index in [0.29, 0.717) is 11.0 Å². The van der Waals surface area contributed by atoms with Crippen molar-refractivity contribution in [2.24, 2.45) is 0 Å². The number of esters is 1. The molecule has 0 spiro atoms. The third-order valence-electron chi connectivity index (χ3n) is 9.19. The van der Waals surface area contributed by atoms with Crippen LogP contribution in [0.15, 0.2) is 35.9 Å². The van der Waals surface area contributed by atoms with Crippen LogP contribution < -0.4 is 9.47 Å². The number of carboxylic acids is 1. The first-order chi connectivity index (χ1) is 22.4. The summed E-state index contributed by atoms with van der Waals surface area (Å²) in [5, 5.41) is 10.5. The Kier molecular flexibility index (Phi) is 14.0. The summed E-state index contributed by atoms with van der Waals surface area (Å²) >= 11 is 3.89. The van der Waals surface area contributed by atoms with E-state index in [4.69, 9.17) is 19.3 Å². The molecular formula is C39H54O6S2. The summed E-state index contributed by atoms with van der Waals surface area (Å²) in [7, 11) is 0. The van der Waals surface area contributed by atoms with Crippen molar-refractivity contribution < 1.29 is 28.9 Å². The molecule has 8 heteroatoms. The van der Waals surface area contributed by atoms with E-state index in [1.165, 1.54) is 71.1 Å². The Balaban J connectivity index is 1.43. The van der Waals surface area contributed by atoms with Gasteiger partial charge in [0.2, 0.25) is 0 Å². The number of carboxylic acid groups (broad SMARTS) is 1. The molecule has 2 aromatic carbocycles. The van der Waals surface area contributed by atoms with Crippen molar-refractivity contribution in [2.45, 2.75) is 122 Å². The van der Waals surface area contributed by atoms with Gasteiger partial charge in [-0.05, 0) is 125 Å². The number of aliphatic carboxylic acids is 1. The number of hydrogen-bond donors (Lipinski definition) is 1. The molecular weight excluding hydrogens is 629 g/mol. The van der Waals surface area contributed by atoms with Gasteiger partial charge in [-0.2, -0.15) is 23.5 Å². The number of benzene rings is 2. The van der Waals surface area contributed by atoms with Crippen molar-refractivity contribution in [3.63, 3.8) is 0 Å². The second kappa shape index (κ2) is 17.7. The normalized spacial score (nSPS) is 17.6. The van der Waals surface area contributed by atoms with Crippen LogP contribution in [0.3, 0.4) is 0 Å². The van der Waals surface area contributed by atoms with E-state index in [2.05, 4.69) is 49.9 Å². The first kappa shape index (κ1) is 37.2. The summed E-state index contributed by atoms with van der Waals surface area (Å²) in [6, 6.07) is 8.71. The fraction of sp³-hybridized carbons (Fsp3) is 0.590. The minimum Gasteiger partial charge on any atom is -0.492 e.